The predicted molar refractivity (Wildman–Crippen MR) is 121 cm³/mol. The van der Waals surface area contributed by atoms with Crippen LogP contribution in [0, 0.1) is 6.92 Å². The summed E-state index contributed by atoms with van der Waals surface area (Å²) in [5, 5.41) is 0.770. The first-order chi connectivity index (χ1) is 14.1. The summed E-state index contributed by atoms with van der Waals surface area (Å²) in [6.45, 7) is 8.38. The molecule has 0 fully saturated rings. The van der Waals surface area contributed by atoms with Gasteiger partial charge in [0.05, 0.1) is 11.1 Å². The summed E-state index contributed by atoms with van der Waals surface area (Å²) in [5.41, 5.74) is 13.2. The third-order valence-corrected chi connectivity index (χ3v) is 5.29. The van der Waals surface area contributed by atoms with Crippen LogP contribution in [0.4, 0.5) is 11.5 Å². The first kappa shape index (κ1) is 18.9. The SMILES string of the molecule is CCN(CC)c1ccc(-c2nc3ncnc(N)c3cc2-c2ccc(C)cc2)cc1. The molecule has 0 aliphatic carbocycles. The number of nitrogens with two attached hydrogens (primary N) is 1. The van der Waals surface area contributed by atoms with Crippen molar-refractivity contribution in [3.05, 3.63) is 66.5 Å². The molecule has 0 atom stereocenters. The van der Waals surface area contributed by atoms with Gasteiger partial charge in [-0.05, 0) is 44.5 Å². The molecule has 2 aromatic heterocycles. The topological polar surface area (TPSA) is 67.9 Å². The normalized spacial score (nSPS) is 11.0. The Labute approximate surface area is 171 Å². The third-order valence-electron chi connectivity index (χ3n) is 5.29. The van der Waals surface area contributed by atoms with Crippen molar-refractivity contribution in [2.75, 3.05) is 23.7 Å². The van der Waals surface area contributed by atoms with E-state index in [4.69, 9.17) is 10.7 Å². The minimum Gasteiger partial charge on any atom is -0.383 e. The highest BCUT2D eigenvalue weighted by atomic mass is 15.1. The van der Waals surface area contributed by atoms with E-state index in [2.05, 4.69) is 90.2 Å². The summed E-state index contributed by atoms with van der Waals surface area (Å²) in [5.74, 6) is 0.444. The fourth-order valence-corrected chi connectivity index (χ4v) is 3.60. The van der Waals surface area contributed by atoms with Gasteiger partial charge in [0, 0.05) is 29.9 Å². The number of benzene rings is 2. The Bertz CT molecular complexity index is 1130. The Kier molecular flexibility index (Phi) is 5.12. The van der Waals surface area contributed by atoms with Gasteiger partial charge in [-0.1, -0.05) is 42.0 Å². The number of nitrogen functional groups attached to an aromatic ring is 1. The van der Waals surface area contributed by atoms with Crippen LogP contribution >= 0.6 is 0 Å². The number of aromatic nitrogens is 3. The van der Waals surface area contributed by atoms with Crippen molar-refractivity contribution in [1.29, 1.82) is 0 Å². The Morgan fingerprint density at radius 2 is 1.52 bits per heavy atom. The van der Waals surface area contributed by atoms with E-state index < -0.39 is 0 Å². The average molecular weight is 383 g/mol. The zero-order valence-electron chi connectivity index (χ0n) is 17.1. The number of rotatable bonds is 5. The maximum Gasteiger partial charge on any atom is 0.165 e. The van der Waals surface area contributed by atoms with Crippen molar-refractivity contribution in [2.24, 2.45) is 0 Å². The van der Waals surface area contributed by atoms with Gasteiger partial charge >= 0.3 is 0 Å². The fourth-order valence-electron chi connectivity index (χ4n) is 3.60. The van der Waals surface area contributed by atoms with Crippen LogP contribution in [0.2, 0.25) is 0 Å². The molecule has 29 heavy (non-hydrogen) atoms. The lowest BCUT2D eigenvalue weighted by Gasteiger charge is -2.21. The molecule has 4 aromatic rings. The number of hydrogen-bond donors (Lipinski definition) is 1. The minimum atomic E-state index is 0.444. The third kappa shape index (κ3) is 3.63. The molecule has 0 aliphatic heterocycles. The quantitative estimate of drug-likeness (QED) is 0.519. The monoisotopic (exact) mass is 383 g/mol. The van der Waals surface area contributed by atoms with Crippen LogP contribution in [-0.4, -0.2) is 28.0 Å². The molecule has 0 amide bonds. The van der Waals surface area contributed by atoms with Crippen LogP contribution < -0.4 is 10.6 Å². The van der Waals surface area contributed by atoms with Gasteiger partial charge in [-0.3, -0.25) is 0 Å². The standard InChI is InChI=1S/C24H25N5/c1-4-29(5-2)19-12-10-18(11-13-19)22-20(17-8-6-16(3)7-9-17)14-21-23(25)26-15-27-24(21)28-22/h6-15H,4-5H2,1-3H3,(H2,25,26,27,28). The highest BCUT2D eigenvalue weighted by Gasteiger charge is 2.14. The van der Waals surface area contributed by atoms with E-state index in [1.807, 2.05) is 0 Å². The van der Waals surface area contributed by atoms with E-state index >= 15 is 0 Å². The number of nitrogens with zero attached hydrogens (tertiary/aromatic N) is 4. The van der Waals surface area contributed by atoms with Crippen LogP contribution in [0.25, 0.3) is 33.4 Å². The molecule has 2 aromatic carbocycles. The van der Waals surface area contributed by atoms with Gasteiger partial charge < -0.3 is 10.6 Å². The van der Waals surface area contributed by atoms with Crippen molar-refractivity contribution in [3.63, 3.8) is 0 Å². The second-order valence-corrected chi connectivity index (χ2v) is 7.10. The van der Waals surface area contributed by atoms with Gasteiger partial charge in [-0.25, -0.2) is 15.0 Å². The van der Waals surface area contributed by atoms with Crippen molar-refractivity contribution in [2.45, 2.75) is 20.8 Å². The van der Waals surface area contributed by atoms with E-state index in [-0.39, 0.29) is 0 Å². The van der Waals surface area contributed by atoms with E-state index in [0.717, 1.165) is 40.9 Å². The maximum absolute atomic E-state index is 6.10. The molecule has 0 aliphatic rings. The average Bonchev–Trinajstić information content (AvgIpc) is 2.75. The van der Waals surface area contributed by atoms with E-state index in [9.17, 15) is 0 Å². The predicted octanol–water partition coefficient (Wildman–Crippen LogP) is 5.10. The number of hydrogen-bond acceptors (Lipinski definition) is 5. The van der Waals surface area contributed by atoms with Gasteiger partial charge in [0.1, 0.15) is 12.1 Å². The van der Waals surface area contributed by atoms with Gasteiger partial charge in [0.15, 0.2) is 5.65 Å². The highest BCUT2D eigenvalue weighted by molar-refractivity contribution is 5.94. The number of anilines is 2. The first-order valence-corrected chi connectivity index (χ1v) is 9.94. The molecule has 5 nitrogen and oxygen atoms in total. The zero-order chi connectivity index (χ0) is 20.4. The van der Waals surface area contributed by atoms with Crippen molar-refractivity contribution in [1.82, 2.24) is 15.0 Å². The summed E-state index contributed by atoms with van der Waals surface area (Å²) in [4.78, 5) is 15.7. The van der Waals surface area contributed by atoms with Crippen LogP contribution in [0.1, 0.15) is 19.4 Å². The Morgan fingerprint density at radius 3 is 2.17 bits per heavy atom. The van der Waals surface area contributed by atoms with Gasteiger partial charge in [0.2, 0.25) is 0 Å². The van der Waals surface area contributed by atoms with Crippen molar-refractivity contribution in [3.8, 4) is 22.4 Å². The first-order valence-electron chi connectivity index (χ1n) is 9.94. The van der Waals surface area contributed by atoms with Crippen LogP contribution in [0.5, 0.6) is 0 Å². The van der Waals surface area contributed by atoms with Gasteiger partial charge in [-0.2, -0.15) is 0 Å². The summed E-state index contributed by atoms with van der Waals surface area (Å²) in [7, 11) is 0. The smallest absolute Gasteiger partial charge is 0.165 e. The molecule has 0 spiro atoms. The number of aryl methyl sites for hydroxylation is 1. The summed E-state index contributed by atoms with van der Waals surface area (Å²) >= 11 is 0. The zero-order valence-corrected chi connectivity index (χ0v) is 17.1. The molecule has 0 unspecified atom stereocenters. The molecule has 0 bridgehead atoms. The van der Waals surface area contributed by atoms with Gasteiger partial charge in [0.25, 0.3) is 0 Å². The second-order valence-electron chi connectivity index (χ2n) is 7.10. The van der Waals surface area contributed by atoms with E-state index in [0.29, 0.717) is 11.5 Å². The summed E-state index contributed by atoms with van der Waals surface area (Å²) in [6.07, 6.45) is 1.46. The molecule has 2 N–H and O–H groups in total. The largest absolute Gasteiger partial charge is 0.383 e. The Balaban J connectivity index is 1.90. The van der Waals surface area contributed by atoms with E-state index in [1.165, 1.54) is 17.6 Å². The lowest BCUT2D eigenvalue weighted by molar-refractivity contribution is 0.866. The fraction of sp³-hybridized carbons (Fsp3) is 0.208. The molecule has 0 saturated heterocycles. The summed E-state index contributed by atoms with van der Waals surface area (Å²) in [6, 6.07) is 19.1. The van der Waals surface area contributed by atoms with Gasteiger partial charge in [-0.15, -0.1) is 0 Å². The van der Waals surface area contributed by atoms with Crippen LogP contribution in [0.3, 0.4) is 0 Å². The molecule has 5 heteroatoms. The van der Waals surface area contributed by atoms with Crippen LogP contribution in [-0.2, 0) is 0 Å². The lowest BCUT2D eigenvalue weighted by atomic mass is 9.97. The Hall–Kier alpha value is -3.47. The number of pyridine rings is 1. The lowest BCUT2D eigenvalue weighted by Crippen LogP contribution is -2.21. The molecule has 2 heterocycles. The molecule has 146 valence electrons. The minimum absolute atomic E-state index is 0.444. The van der Waals surface area contributed by atoms with Crippen molar-refractivity contribution >= 4 is 22.5 Å². The molecular weight excluding hydrogens is 358 g/mol. The Morgan fingerprint density at radius 1 is 0.862 bits per heavy atom. The molecule has 4 rings (SSSR count). The molecule has 0 radical (unpaired) electrons. The molecule has 0 saturated carbocycles. The van der Waals surface area contributed by atoms with E-state index in [1.54, 1.807) is 0 Å². The maximum atomic E-state index is 6.10. The number of fused-ring (bicyclic) bond motifs is 1. The molecular formula is C24H25N5. The van der Waals surface area contributed by atoms with Crippen LogP contribution in [0.15, 0.2) is 60.9 Å². The summed E-state index contributed by atoms with van der Waals surface area (Å²) < 4.78 is 0. The second kappa shape index (κ2) is 7.87. The van der Waals surface area contributed by atoms with Crippen molar-refractivity contribution < 1.29 is 0 Å². The highest BCUT2D eigenvalue weighted by Crippen LogP contribution is 2.34.